The Balaban J connectivity index is 1.76. The van der Waals surface area contributed by atoms with Gasteiger partial charge in [-0.1, -0.05) is 23.2 Å². The largest absolute Gasteiger partial charge is 0.381 e. The first-order chi connectivity index (χ1) is 9.65. The Morgan fingerprint density at radius 3 is 2.95 bits per heavy atom. The minimum absolute atomic E-state index is 0.0105. The number of ether oxygens (including phenoxy) is 1. The topological polar surface area (TPSA) is 29.5 Å². The van der Waals surface area contributed by atoms with Crippen LogP contribution in [-0.2, 0) is 22.5 Å². The van der Waals surface area contributed by atoms with Crippen molar-refractivity contribution in [1.82, 2.24) is 4.90 Å². The number of amides is 1. The van der Waals surface area contributed by atoms with Gasteiger partial charge in [-0.2, -0.15) is 0 Å². The fourth-order valence-corrected chi connectivity index (χ4v) is 3.56. The smallest absolute Gasteiger partial charge is 0.228 e. The van der Waals surface area contributed by atoms with Crippen LogP contribution in [0.3, 0.4) is 0 Å². The molecule has 0 unspecified atom stereocenters. The van der Waals surface area contributed by atoms with Gasteiger partial charge >= 0.3 is 0 Å². The zero-order valence-corrected chi connectivity index (χ0v) is 12.7. The molecule has 0 radical (unpaired) electrons. The second-order valence-corrected chi connectivity index (χ2v) is 6.29. The predicted octanol–water partition coefficient (Wildman–Crippen LogP) is 3.30. The minimum atomic E-state index is 0.0105. The molecule has 1 fully saturated rings. The molecule has 3 nitrogen and oxygen atoms in total. The summed E-state index contributed by atoms with van der Waals surface area (Å²) in [5.74, 6) is 0.206. The summed E-state index contributed by atoms with van der Waals surface area (Å²) >= 11 is 12.3. The third-order valence-corrected chi connectivity index (χ3v) is 4.63. The molecule has 2 aliphatic heterocycles. The molecule has 108 valence electrons. The van der Waals surface area contributed by atoms with E-state index in [1.807, 2.05) is 11.0 Å². The van der Waals surface area contributed by atoms with Crippen LogP contribution in [0.4, 0.5) is 0 Å². The second-order valence-electron chi connectivity index (χ2n) is 5.45. The van der Waals surface area contributed by atoms with Gasteiger partial charge in [0.05, 0.1) is 12.5 Å². The molecular formula is C15H17Cl2NO2. The Morgan fingerprint density at radius 1 is 1.35 bits per heavy atom. The van der Waals surface area contributed by atoms with Crippen molar-refractivity contribution in [3.05, 3.63) is 33.3 Å². The maximum absolute atomic E-state index is 12.5. The van der Waals surface area contributed by atoms with Crippen molar-refractivity contribution in [3.63, 3.8) is 0 Å². The van der Waals surface area contributed by atoms with Crippen LogP contribution in [0.5, 0.6) is 0 Å². The van der Waals surface area contributed by atoms with E-state index in [2.05, 4.69) is 0 Å². The van der Waals surface area contributed by atoms with E-state index < -0.39 is 0 Å². The quantitative estimate of drug-likeness (QED) is 0.796. The van der Waals surface area contributed by atoms with E-state index >= 15 is 0 Å². The highest BCUT2D eigenvalue weighted by Crippen LogP contribution is 2.31. The molecule has 1 amide bonds. The fourth-order valence-electron chi connectivity index (χ4n) is 2.96. The van der Waals surface area contributed by atoms with Gasteiger partial charge in [0.25, 0.3) is 0 Å². The van der Waals surface area contributed by atoms with Crippen LogP contribution in [0.1, 0.15) is 24.0 Å². The average Bonchev–Trinajstić information content (AvgIpc) is 2.47. The first-order valence-corrected chi connectivity index (χ1v) is 7.74. The van der Waals surface area contributed by atoms with Crippen molar-refractivity contribution in [2.45, 2.75) is 25.8 Å². The number of fused-ring (bicyclic) bond motifs is 1. The SMILES string of the molecule is O=C([C@H]1CCCOC1)N1CCc2cc(Cl)cc(Cl)c2C1. The van der Waals surface area contributed by atoms with Crippen molar-refractivity contribution < 1.29 is 9.53 Å². The molecule has 0 aromatic heterocycles. The van der Waals surface area contributed by atoms with Gasteiger partial charge in [0, 0.05) is 29.7 Å². The Morgan fingerprint density at radius 2 is 2.20 bits per heavy atom. The highest BCUT2D eigenvalue weighted by Gasteiger charge is 2.29. The zero-order valence-electron chi connectivity index (χ0n) is 11.2. The fraction of sp³-hybridized carbons (Fsp3) is 0.533. The Hall–Kier alpha value is -0.770. The summed E-state index contributed by atoms with van der Waals surface area (Å²) < 4.78 is 5.41. The number of nitrogens with zero attached hydrogens (tertiary/aromatic N) is 1. The van der Waals surface area contributed by atoms with Crippen LogP contribution >= 0.6 is 23.2 Å². The first kappa shape index (κ1) is 14.2. The molecule has 2 aliphatic rings. The molecule has 0 N–H and O–H groups in total. The number of carbonyl (C=O) groups is 1. The lowest BCUT2D eigenvalue weighted by Crippen LogP contribution is -2.42. The highest BCUT2D eigenvalue weighted by atomic mass is 35.5. The summed E-state index contributed by atoms with van der Waals surface area (Å²) in [4.78, 5) is 14.4. The molecule has 0 saturated carbocycles. The molecule has 20 heavy (non-hydrogen) atoms. The molecule has 3 rings (SSSR count). The molecule has 1 aromatic rings. The first-order valence-electron chi connectivity index (χ1n) is 6.98. The standard InChI is InChI=1S/C15H17Cl2NO2/c16-12-6-10-3-4-18(8-13(10)14(17)7-12)15(19)11-2-1-5-20-9-11/h6-7,11H,1-5,8-9H2/t11-/m0/s1. The second kappa shape index (κ2) is 5.92. The number of halogens is 2. The predicted molar refractivity (Wildman–Crippen MR) is 79.1 cm³/mol. The summed E-state index contributed by atoms with van der Waals surface area (Å²) in [6.07, 6.45) is 2.71. The van der Waals surface area contributed by atoms with Gasteiger partial charge in [0.2, 0.25) is 5.91 Å². The van der Waals surface area contributed by atoms with Gasteiger partial charge < -0.3 is 9.64 Å². The summed E-state index contributed by atoms with van der Waals surface area (Å²) in [6, 6.07) is 3.70. The van der Waals surface area contributed by atoms with Crippen molar-refractivity contribution >= 4 is 29.1 Å². The highest BCUT2D eigenvalue weighted by molar-refractivity contribution is 6.35. The molecule has 0 aliphatic carbocycles. The van der Waals surface area contributed by atoms with Gasteiger partial charge in [-0.15, -0.1) is 0 Å². The molecule has 0 bridgehead atoms. The summed E-state index contributed by atoms with van der Waals surface area (Å²) in [5.41, 5.74) is 2.19. The molecule has 1 saturated heterocycles. The third kappa shape index (κ3) is 2.80. The van der Waals surface area contributed by atoms with Crippen molar-refractivity contribution in [1.29, 1.82) is 0 Å². The van der Waals surface area contributed by atoms with Crippen LogP contribution in [0.15, 0.2) is 12.1 Å². The van der Waals surface area contributed by atoms with E-state index in [1.165, 1.54) is 0 Å². The lowest BCUT2D eigenvalue weighted by molar-refractivity contribution is -0.140. The number of hydrogen-bond acceptors (Lipinski definition) is 2. The summed E-state index contributed by atoms with van der Waals surface area (Å²) in [7, 11) is 0. The lowest BCUT2D eigenvalue weighted by atomic mass is 9.96. The van der Waals surface area contributed by atoms with Crippen LogP contribution < -0.4 is 0 Å². The molecule has 1 atom stereocenters. The number of carbonyl (C=O) groups excluding carboxylic acids is 1. The van der Waals surface area contributed by atoms with Crippen molar-refractivity contribution in [2.75, 3.05) is 19.8 Å². The van der Waals surface area contributed by atoms with Gasteiger partial charge in [0.1, 0.15) is 0 Å². The number of hydrogen-bond donors (Lipinski definition) is 0. The van der Waals surface area contributed by atoms with E-state index in [9.17, 15) is 4.79 Å². The number of benzene rings is 1. The molecule has 0 spiro atoms. The van der Waals surface area contributed by atoms with E-state index in [4.69, 9.17) is 27.9 Å². The van der Waals surface area contributed by atoms with E-state index in [-0.39, 0.29) is 11.8 Å². The molecule has 5 heteroatoms. The monoisotopic (exact) mass is 313 g/mol. The van der Waals surface area contributed by atoms with Gasteiger partial charge in [-0.3, -0.25) is 4.79 Å². The summed E-state index contributed by atoms with van der Waals surface area (Å²) in [6.45, 7) is 2.65. The normalized spacial score (nSPS) is 22.5. The number of rotatable bonds is 1. The Kier molecular flexibility index (Phi) is 4.20. The van der Waals surface area contributed by atoms with Gasteiger partial charge in [-0.25, -0.2) is 0 Å². The Labute approximate surface area is 128 Å². The Bertz CT molecular complexity index is 527. The molecular weight excluding hydrogens is 297 g/mol. The molecule has 1 aromatic carbocycles. The summed E-state index contributed by atoms with van der Waals surface area (Å²) in [5, 5.41) is 1.32. The zero-order chi connectivity index (χ0) is 14.1. The lowest BCUT2D eigenvalue weighted by Gasteiger charge is -2.33. The maximum atomic E-state index is 12.5. The van der Waals surface area contributed by atoms with Crippen molar-refractivity contribution in [3.8, 4) is 0 Å². The van der Waals surface area contributed by atoms with Crippen molar-refractivity contribution in [2.24, 2.45) is 5.92 Å². The van der Waals surface area contributed by atoms with Crippen LogP contribution in [0, 0.1) is 5.92 Å². The van der Waals surface area contributed by atoms with E-state index in [1.54, 1.807) is 6.07 Å². The van der Waals surface area contributed by atoms with Crippen LogP contribution in [0.2, 0.25) is 10.0 Å². The minimum Gasteiger partial charge on any atom is -0.381 e. The van der Waals surface area contributed by atoms with Crippen LogP contribution in [0.25, 0.3) is 0 Å². The van der Waals surface area contributed by atoms with Gasteiger partial charge in [-0.05, 0) is 42.5 Å². The van der Waals surface area contributed by atoms with E-state index in [0.717, 1.165) is 43.5 Å². The van der Waals surface area contributed by atoms with E-state index in [0.29, 0.717) is 23.2 Å². The van der Waals surface area contributed by atoms with Crippen LogP contribution in [-0.4, -0.2) is 30.6 Å². The third-order valence-electron chi connectivity index (χ3n) is 4.07. The maximum Gasteiger partial charge on any atom is 0.228 e. The average molecular weight is 314 g/mol. The van der Waals surface area contributed by atoms with Gasteiger partial charge in [0.15, 0.2) is 0 Å². The molecule has 2 heterocycles.